The van der Waals surface area contributed by atoms with Gasteiger partial charge in [-0.15, -0.1) is 0 Å². The van der Waals surface area contributed by atoms with Crippen molar-refractivity contribution in [3.8, 4) is 28.6 Å². The summed E-state index contributed by atoms with van der Waals surface area (Å²) in [4.78, 5) is 29.0. The fourth-order valence-corrected chi connectivity index (χ4v) is 6.28. The summed E-state index contributed by atoms with van der Waals surface area (Å²) in [5.41, 5.74) is 5.95. The molecule has 2 heterocycles. The molecule has 5 rings (SSSR count). The number of aromatic nitrogens is 2. The number of rotatable bonds is 12. The molecular formula is C38H46Cl2N6O4. The van der Waals surface area contributed by atoms with E-state index in [1.165, 1.54) is 10.5 Å². The molecule has 1 N–H and O–H groups in total. The van der Waals surface area contributed by atoms with E-state index < -0.39 is 6.09 Å². The summed E-state index contributed by atoms with van der Waals surface area (Å²) < 4.78 is 17.6. The zero-order chi connectivity index (χ0) is 35.9. The number of halogens is 2. The number of methoxy groups -OCH3 is 1. The van der Waals surface area contributed by atoms with Crippen molar-refractivity contribution in [2.24, 2.45) is 0 Å². The molecule has 12 heteroatoms. The lowest BCUT2D eigenvalue weighted by molar-refractivity contribution is 0.104. The summed E-state index contributed by atoms with van der Waals surface area (Å²) in [6, 6.07) is 16.7. The Bertz CT molecular complexity index is 1810. The molecule has 50 heavy (non-hydrogen) atoms. The van der Waals surface area contributed by atoms with Gasteiger partial charge in [-0.3, -0.25) is 9.80 Å². The van der Waals surface area contributed by atoms with E-state index in [0.717, 1.165) is 55.8 Å². The van der Waals surface area contributed by atoms with Gasteiger partial charge in [0.1, 0.15) is 0 Å². The first-order valence-corrected chi connectivity index (χ1v) is 17.6. The monoisotopic (exact) mass is 720 g/mol. The van der Waals surface area contributed by atoms with Crippen LogP contribution in [0.15, 0.2) is 54.6 Å². The summed E-state index contributed by atoms with van der Waals surface area (Å²) in [6.07, 6.45) is 0.228. The third kappa shape index (κ3) is 9.17. The molecule has 0 bridgehead atoms. The number of aryl methyl sites for hydroxylation is 1. The molecule has 0 unspecified atom stereocenters. The second-order valence-corrected chi connectivity index (χ2v) is 13.6. The van der Waals surface area contributed by atoms with Crippen molar-refractivity contribution in [2.75, 3.05) is 63.7 Å². The zero-order valence-electron chi connectivity index (χ0n) is 29.8. The molecule has 1 amide bonds. The van der Waals surface area contributed by atoms with E-state index in [-0.39, 0.29) is 11.8 Å². The standard InChI is InChI=1S/C38H46Cl2N6O4/c1-24(2)46-18-16-45(17-19-46)15-8-20-49-34-14-11-29(22-35(34)48-7)41-37-42-32(30-12-9-25(3)26(4)27(30)5)23-36(43-37)50-38(47)44(6)33-21-28(39)10-13-31(33)40/h9-14,21-24H,8,15-20H2,1-7H3,(H,41,42,43). The summed E-state index contributed by atoms with van der Waals surface area (Å²) in [7, 11) is 3.17. The number of hydrogen-bond donors (Lipinski definition) is 1. The molecule has 0 atom stereocenters. The van der Waals surface area contributed by atoms with Crippen LogP contribution in [0.25, 0.3) is 11.3 Å². The second-order valence-electron chi connectivity index (χ2n) is 12.8. The summed E-state index contributed by atoms with van der Waals surface area (Å²) >= 11 is 12.5. The summed E-state index contributed by atoms with van der Waals surface area (Å²) in [6.45, 7) is 16.7. The van der Waals surface area contributed by atoms with Gasteiger partial charge in [0.05, 0.1) is 30.1 Å². The maximum absolute atomic E-state index is 13.3. The quantitative estimate of drug-likeness (QED) is 0.145. The Kier molecular flexibility index (Phi) is 12.4. The van der Waals surface area contributed by atoms with Crippen LogP contribution >= 0.6 is 23.2 Å². The number of hydrogen-bond acceptors (Lipinski definition) is 9. The lowest BCUT2D eigenvalue weighted by Gasteiger charge is -2.36. The Balaban J connectivity index is 1.32. The van der Waals surface area contributed by atoms with E-state index in [9.17, 15) is 4.79 Å². The fourth-order valence-electron chi connectivity index (χ4n) is 5.87. The molecular weight excluding hydrogens is 675 g/mol. The highest BCUT2D eigenvalue weighted by Gasteiger charge is 2.21. The SMILES string of the molecule is COc1cc(Nc2nc(OC(=O)N(C)c3cc(Cl)ccc3Cl)cc(-c3ccc(C)c(C)c3C)n2)ccc1OCCCN1CCN(C(C)C)CC1. The van der Waals surface area contributed by atoms with Crippen LogP contribution in [0, 0.1) is 20.8 Å². The first-order valence-electron chi connectivity index (χ1n) is 16.8. The second kappa shape index (κ2) is 16.7. The third-order valence-corrected chi connectivity index (χ3v) is 9.76. The number of carbonyl (C=O) groups excluding carboxylic acids is 1. The Morgan fingerprint density at radius 1 is 0.940 bits per heavy atom. The number of nitrogens with one attached hydrogen (secondary N) is 1. The maximum atomic E-state index is 13.3. The van der Waals surface area contributed by atoms with Crippen molar-refractivity contribution in [3.63, 3.8) is 0 Å². The summed E-state index contributed by atoms with van der Waals surface area (Å²) in [5, 5.41) is 4.05. The zero-order valence-corrected chi connectivity index (χ0v) is 31.4. The minimum absolute atomic E-state index is 0.0580. The van der Waals surface area contributed by atoms with E-state index >= 15 is 0 Å². The van der Waals surface area contributed by atoms with Crippen LogP contribution in [0.3, 0.4) is 0 Å². The van der Waals surface area contributed by atoms with E-state index in [1.54, 1.807) is 38.4 Å². The lowest BCUT2D eigenvalue weighted by Crippen LogP contribution is -2.49. The van der Waals surface area contributed by atoms with Crippen LogP contribution in [-0.4, -0.2) is 85.4 Å². The molecule has 4 aromatic rings. The molecule has 0 spiro atoms. The number of benzene rings is 3. The molecule has 1 aliphatic rings. The Morgan fingerprint density at radius 3 is 2.42 bits per heavy atom. The van der Waals surface area contributed by atoms with E-state index in [1.807, 2.05) is 37.3 Å². The number of carbonyl (C=O) groups is 1. The highest BCUT2D eigenvalue weighted by Crippen LogP contribution is 2.34. The van der Waals surface area contributed by atoms with Gasteiger partial charge in [-0.05, 0) is 88.1 Å². The van der Waals surface area contributed by atoms with Crippen molar-refractivity contribution in [3.05, 3.63) is 81.3 Å². The largest absolute Gasteiger partial charge is 0.493 e. The van der Waals surface area contributed by atoms with Crippen LogP contribution in [0.2, 0.25) is 10.0 Å². The minimum Gasteiger partial charge on any atom is -0.493 e. The third-order valence-electron chi connectivity index (χ3n) is 9.21. The molecule has 0 saturated carbocycles. The average molecular weight is 722 g/mol. The number of amides is 1. The topological polar surface area (TPSA) is 92.3 Å². The van der Waals surface area contributed by atoms with Crippen LogP contribution < -0.4 is 24.4 Å². The van der Waals surface area contributed by atoms with Gasteiger partial charge in [-0.25, -0.2) is 9.78 Å². The summed E-state index contributed by atoms with van der Waals surface area (Å²) in [5.74, 6) is 1.52. The van der Waals surface area contributed by atoms with Gasteiger partial charge in [0, 0.05) is 74.2 Å². The van der Waals surface area contributed by atoms with E-state index in [0.29, 0.717) is 51.3 Å². The highest BCUT2D eigenvalue weighted by molar-refractivity contribution is 6.35. The first-order chi connectivity index (χ1) is 23.9. The molecule has 3 aromatic carbocycles. The molecule has 1 aliphatic heterocycles. The molecule has 266 valence electrons. The van der Waals surface area contributed by atoms with Gasteiger partial charge >= 0.3 is 6.09 Å². The van der Waals surface area contributed by atoms with Gasteiger partial charge in [-0.1, -0.05) is 35.3 Å². The molecule has 0 aliphatic carbocycles. The Hall–Kier alpha value is -4.09. The lowest BCUT2D eigenvalue weighted by atomic mass is 9.97. The van der Waals surface area contributed by atoms with Crippen LogP contribution in [0.5, 0.6) is 17.4 Å². The van der Waals surface area contributed by atoms with Gasteiger partial charge in [0.2, 0.25) is 11.8 Å². The highest BCUT2D eigenvalue weighted by atomic mass is 35.5. The first kappa shape index (κ1) is 37.2. The van der Waals surface area contributed by atoms with Gasteiger partial charge in [0.25, 0.3) is 0 Å². The molecule has 1 aromatic heterocycles. The van der Waals surface area contributed by atoms with Crippen LogP contribution in [0.1, 0.15) is 37.0 Å². The number of piperazine rings is 1. The van der Waals surface area contributed by atoms with Crippen LogP contribution in [-0.2, 0) is 0 Å². The maximum Gasteiger partial charge on any atom is 0.420 e. The smallest absolute Gasteiger partial charge is 0.420 e. The number of ether oxygens (including phenoxy) is 3. The van der Waals surface area contributed by atoms with Gasteiger partial charge in [-0.2, -0.15) is 4.98 Å². The fraction of sp³-hybridized carbons (Fsp3) is 0.395. The van der Waals surface area contributed by atoms with Crippen molar-refractivity contribution in [1.82, 2.24) is 19.8 Å². The van der Waals surface area contributed by atoms with Crippen molar-refractivity contribution >= 4 is 46.6 Å². The number of nitrogens with zero attached hydrogens (tertiary/aromatic N) is 5. The molecule has 0 radical (unpaired) electrons. The average Bonchev–Trinajstić information content (AvgIpc) is 3.10. The van der Waals surface area contributed by atoms with E-state index in [2.05, 4.69) is 47.8 Å². The Labute approximate surface area is 305 Å². The molecule has 1 saturated heterocycles. The normalized spacial score (nSPS) is 13.7. The van der Waals surface area contributed by atoms with Crippen LogP contribution in [0.4, 0.5) is 22.1 Å². The van der Waals surface area contributed by atoms with Gasteiger partial charge < -0.3 is 24.4 Å². The predicted molar refractivity (Wildman–Crippen MR) is 202 cm³/mol. The van der Waals surface area contributed by atoms with Crippen molar-refractivity contribution in [1.29, 1.82) is 0 Å². The van der Waals surface area contributed by atoms with Gasteiger partial charge in [0.15, 0.2) is 11.5 Å². The number of anilines is 3. The minimum atomic E-state index is -0.692. The van der Waals surface area contributed by atoms with Crippen molar-refractivity contribution in [2.45, 2.75) is 47.1 Å². The molecule has 10 nitrogen and oxygen atoms in total. The Morgan fingerprint density at radius 2 is 1.70 bits per heavy atom. The molecule has 1 fully saturated rings. The van der Waals surface area contributed by atoms with Crippen molar-refractivity contribution < 1.29 is 19.0 Å². The van der Waals surface area contributed by atoms with E-state index in [4.69, 9.17) is 42.4 Å². The predicted octanol–water partition coefficient (Wildman–Crippen LogP) is 8.56.